The maximum Gasteiger partial charge on any atom is 0.276 e. The number of nitro groups is 1. The number of nitrogens with zero attached hydrogens (tertiary/aromatic N) is 1. The molecule has 74 valence electrons. The molecule has 0 amide bonds. The Hall–Kier alpha value is -1.88. The van der Waals surface area contributed by atoms with Crippen molar-refractivity contribution in [1.82, 2.24) is 0 Å². The fourth-order valence-corrected chi connectivity index (χ4v) is 1.13. The second-order valence-electron chi connectivity index (χ2n) is 2.84. The molecule has 0 aliphatic heterocycles. The van der Waals surface area contributed by atoms with Crippen LogP contribution in [0, 0.1) is 10.1 Å². The van der Waals surface area contributed by atoms with Crippen LogP contribution in [0.25, 0.3) is 0 Å². The summed E-state index contributed by atoms with van der Waals surface area (Å²) in [5, 5.41) is 10.7. The molecular formula is C9H11N3O2. The monoisotopic (exact) mass is 193 g/mol. The summed E-state index contributed by atoms with van der Waals surface area (Å²) in [5.41, 5.74) is 11.7. The van der Waals surface area contributed by atoms with E-state index in [1.165, 1.54) is 12.1 Å². The van der Waals surface area contributed by atoms with E-state index in [2.05, 4.69) is 6.58 Å². The summed E-state index contributed by atoms with van der Waals surface area (Å²) in [6.45, 7) is 3.48. The van der Waals surface area contributed by atoms with E-state index >= 15 is 0 Å². The van der Waals surface area contributed by atoms with Crippen molar-refractivity contribution in [3.05, 3.63) is 46.5 Å². The van der Waals surface area contributed by atoms with Crippen LogP contribution >= 0.6 is 0 Å². The molecule has 0 aliphatic rings. The lowest BCUT2D eigenvalue weighted by atomic mass is 10.1. The van der Waals surface area contributed by atoms with Crippen LogP contribution in [0.1, 0.15) is 11.6 Å². The zero-order valence-electron chi connectivity index (χ0n) is 7.51. The minimum atomic E-state index is -0.545. The van der Waals surface area contributed by atoms with Crippen LogP contribution in [-0.2, 0) is 0 Å². The van der Waals surface area contributed by atoms with Gasteiger partial charge in [-0.05, 0) is 12.1 Å². The van der Waals surface area contributed by atoms with Gasteiger partial charge in [-0.2, -0.15) is 0 Å². The average Bonchev–Trinajstić information content (AvgIpc) is 2.16. The van der Waals surface area contributed by atoms with Gasteiger partial charge in [-0.15, -0.1) is 6.58 Å². The molecule has 0 radical (unpaired) electrons. The van der Waals surface area contributed by atoms with E-state index < -0.39 is 11.0 Å². The molecule has 1 aromatic carbocycles. The Morgan fingerprint density at radius 2 is 2.21 bits per heavy atom. The molecule has 0 saturated carbocycles. The van der Waals surface area contributed by atoms with Crippen LogP contribution in [0.15, 0.2) is 30.9 Å². The van der Waals surface area contributed by atoms with Gasteiger partial charge in [-0.3, -0.25) is 10.1 Å². The molecule has 1 rings (SSSR count). The first kappa shape index (κ1) is 10.2. The number of benzene rings is 1. The summed E-state index contributed by atoms with van der Waals surface area (Å²) in [6.07, 6.45) is 1.44. The van der Waals surface area contributed by atoms with E-state index in [1.807, 2.05) is 0 Å². The largest absolute Gasteiger partial charge is 0.399 e. The van der Waals surface area contributed by atoms with Gasteiger partial charge in [0, 0.05) is 11.8 Å². The summed E-state index contributed by atoms with van der Waals surface area (Å²) in [7, 11) is 0. The first-order valence-corrected chi connectivity index (χ1v) is 3.98. The Kier molecular flexibility index (Phi) is 2.83. The third-order valence-corrected chi connectivity index (χ3v) is 1.86. The highest BCUT2D eigenvalue weighted by molar-refractivity contribution is 5.54. The lowest BCUT2D eigenvalue weighted by Crippen LogP contribution is -2.09. The Bertz CT molecular complexity index is 376. The molecule has 1 atom stereocenters. The summed E-state index contributed by atoms with van der Waals surface area (Å²) in [5.74, 6) is 0. The molecule has 0 saturated heterocycles. The zero-order valence-corrected chi connectivity index (χ0v) is 7.51. The minimum Gasteiger partial charge on any atom is -0.399 e. The van der Waals surface area contributed by atoms with Crippen molar-refractivity contribution in [2.24, 2.45) is 5.73 Å². The van der Waals surface area contributed by atoms with Gasteiger partial charge in [0.2, 0.25) is 0 Å². The van der Waals surface area contributed by atoms with Crippen molar-refractivity contribution >= 4 is 11.4 Å². The highest BCUT2D eigenvalue weighted by Crippen LogP contribution is 2.26. The van der Waals surface area contributed by atoms with Crippen molar-refractivity contribution in [1.29, 1.82) is 0 Å². The number of hydrogen-bond acceptors (Lipinski definition) is 4. The van der Waals surface area contributed by atoms with Crippen molar-refractivity contribution in [3.63, 3.8) is 0 Å². The van der Waals surface area contributed by atoms with Crippen LogP contribution in [0.5, 0.6) is 0 Å². The van der Waals surface area contributed by atoms with E-state index in [0.717, 1.165) is 0 Å². The maximum absolute atomic E-state index is 10.7. The average molecular weight is 193 g/mol. The molecule has 0 bridgehead atoms. The summed E-state index contributed by atoms with van der Waals surface area (Å²) in [6, 6.07) is 3.86. The molecule has 1 unspecified atom stereocenters. The molecule has 4 N–H and O–H groups in total. The SMILES string of the molecule is C=CC(N)c1ccc(N)cc1[N+](=O)[O-]. The van der Waals surface area contributed by atoms with Gasteiger partial charge in [-0.25, -0.2) is 0 Å². The van der Waals surface area contributed by atoms with Gasteiger partial charge < -0.3 is 11.5 Å². The van der Waals surface area contributed by atoms with Crippen LogP contribution in [0.3, 0.4) is 0 Å². The van der Waals surface area contributed by atoms with Crippen molar-refractivity contribution in [3.8, 4) is 0 Å². The normalized spacial score (nSPS) is 12.1. The second kappa shape index (κ2) is 3.89. The van der Waals surface area contributed by atoms with Crippen LogP contribution in [0.4, 0.5) is 11.4 Å². The molecule has 0 aromatic heterocycles. The lowest BCUT2D eigenvalue weighted by molar-refractivity contribution is -0.385. The molecular weight excluding hydrogens is 182 g/mol. The third kappa shape index (κ3) is 1.89. The van der Waals surface area contributed by atoms with Gasteiger partial charge >= 0.3 is 0 Å². The Balaban J connectivity index is 3.28. The molecule has 0 spiro atoms. The number of hydrogen-bond donors (Lipinski definition) is 2. The smallest absolute Gasteiger partial charge is 0.276 e. The van der Waals surface area contributed by atoms with E-state index in [0.29, 0.717) is 11.3 Å². The molecule has 0 aliphatic carbocycles. The van der Waals surface area contributed by atoms with Gasteiger partial charge in [0.25, 0.3) is 5.69 Å². The van der Waals surface area contributed by atoms with E-state index in [4.69, 9.17) is 11.5 Å². The predicted molar refractivity (Wildman–Crippen MR) is 54.6 cm³/mol. The number of nitrogens with two attached hydrogens (primary N) is 2. The maximum atomic E-state index is 10.7. The zero-order chi connectivity index (χ0) is 10.7. The first-order valence-electron chi connectivity index (χ1n) is 3.98. The number of anilines is 1. The predicted octanol–water partition coefficient (Wildman–Crippen LogP) is 1.36. The summed E-state index contributed by atoms with van der Waals surface area (Å²) >= 11 is 0. The Labute approximate surface area is 81.2 Å². The van der Waals surface area contributed by atoms with Crippen LogP contribution in [-0.4, -0.2) is 4.92 Å². The molecule has 5 heteroatoms. The highest BCUT2D eigenvalue weighted by Gasteiger charge is 2.17. The highest BCUT2D eigenvalue weighted by atomic mass is 16.6. The van der Waals surface area contributed by atoms with Crippen molar-refractivity contribution < 1.29 is 4.92 Å². The standard InChI is InChI=1S/C9H11N3O2/c1-2-8(11)7-4-3-6(10)5-9(7)12(13)14/h2-5,8H,1,10-11H2. The molecule has 1 aromatic rings. The number of nitrogen functional groups attached to an aromatic ring is 1. The minimum absolute atomic E-state index is 0.0719. The summed E-state index contributed by atoms with van der Waals surface area (Å²) in [4.78, 5) is 10.1. The fourth-order valence-electron chi connectivity index (χ4n) is 1.13. The van der Waals surface area contributed by atoms with Gasteiger partial charge in [0.05, 0.1) is 16.5 Å². The number of nitro benzene ring substituents is 1. The first-order chi connectivity index (χ1) is 6.56. The van der Waals surface area contributed by atoms with Gasteiger partial charge in [0.15, 0.2) is 0 Å². The quantitative estimate of drug-likeness (QED) is 0.328. The molecule has 0 heterocycles. The van der Waals surface area contributed by atoms with Crippen LogP contribution < -0.4 is 11.5 Å². The Morgan fingerprint density at radius 3 is 2.71 bits per heavy atom. The molecule has 14 heavy (non-hydrogen) atoms. The van der Waals surface area contributed by atoms with E-state index in [9.17, 15) is 10.1 Å². The molecule has 0 fully saturated rings. The number of rotatable bonds is 3. The van der Waals surface area contributed by atoms with Crippen molar-refractivity contribution in [2.75, 3.05) is 5.73 Å². The van der Waals surface area contributed by atoms with Gasteiger partial charge in [0.1, 0.15) is 0 Å². The van der Waals surface area contributed by atoms with Gasteiger partial charge in [-0.1, -0.05) is 6.08 Å². The third-order valence-electron chi connectivity index (χ3n) is 1.86. The molecule has 5 nitrogen and oxygen atoms in total. The Morgan fingerprint density at radius 1 is 1.57 bits per heavy atom. The lowest BCUT2D eigenvalue weighted by Gasteiger charge is -2.07. The second-order valence-corrected chi connectivity index (χ2v) is 2.84. The van der Waals surface area contributed by atoms with Crippen LogP contribution in [0.2, 0.25) is 0 Å². The van der Waals surface area contributed by atoms with Crippen molar-refractivity contribution in [2.45, 2.75) is 6.04 Å². The topological polar surface area (TPSA) is 95.2 Å². The fraction of sp³-hybridized carbons (Fsp3) is 0.111. The van der Waals surface area contributed by atoms with E-state index in [1.54, 1.807) is 12.1 Å². The van der Waals surface area contributed by atoms with E-state index in [-0.39, 0.29) is 5.69 Å². The summed E-state index contributed by atoms with van der Waals surface area (Å²) < 4.78 is 0.